The molecule has 0 aliphatic carbocycles. The second-order valence-electron chi connectivity index (χ2n) is 5.17. The van der Waals surface area contributed by atoms with Crippen molar-refractivity contribution in [2.75, 3.05) is 11.5 Å². The topological polar surface area (TPSA) is 212 Å². The van der Waals surface area contributed by atoms with Crippen molar-refractivity contribution in [3.8, 4) is 17.9 Å². The second kappa shape index (κ2) is 6.48. The Labute approximate surface area is 150 Å². The van der Waals surface area contributed by atoms with Crippen molar-refractivity contribution in [3.05, 3.63) is 27.8 Å². The molecule has 0 unspecified atom stereocenters. The number of hydrogen-bond donors (Lipinski definition) is 3. The Morgan fingerprint density at radius 2 is 1.89 bits per heavy atom. The van der Waals surface area contributed by atoms with Crippen LogP contribution < -0.4 is 17.0 Å². The van der Waals surface area contributed by atoms with Crippen LogP contribution in [0.15, 0.2) is 21.4 Å². The van der Waals surface area contributed by atoms with Gasteiger partial charge in [0.2, 0.25) is 17.8 Å². The molecule has 0 aliphatic rings. The molecule has 0 amide bonds. The van der Waals surface area contributed by atoms with Crippen LogP contribution in [0.25, 0.3) is 5.95 Å². The van der Waals surface area contributed by atoms with Gasteiger partial charge in [-0.1, -0.05) is 0 Å². The highest BCUT2D eigenvalue weighted by Crippen LogP contribution is 2.25. The van der Waals surface area contributed by atoms with Gasteiger partial charge in [-0.05, 0) is 6.92 Å². The van der Waals surface area contributed by atoms with Crippen LogP contribution in [0, 0.1) is 18.3 Å². The van der Waals surface area contributed by atoms with Crippen LogP contribution in [0.1, 0.15) is 11.1 Å². The summed E-state index contributed by atoms with van der Waals surface area (Å²) in [5.41, 5.74) is 10.3. The lowest BCUT2D eigenvalue weighted by Gasteiger charge is -2.08. The number of aromatic nitrogens is 7. The number of nitriles is 1. The average Bonchev–Trinajstić information content (AvgIpc) is 3.08. The predicted octanol–water partition coefficient (Wildman–Crippen LogP) is -0.384. The number of anilines is 2. The Bertz CT molecular complexity index is 1150. The summed E-state index contributed by atoms with van der Waals surface area (Å²) in [6.45, 7) is 1.46. The molecule has 3 aromatic rings. The van der Waals surface area contributed by atoms with Crippen LogP contribution in [0.5, 0.6) is 5.88 Å². The summed E-state index contributed by atoms with van der Waals surface area (Å²) in [5.74, 6) is -0.832. The molecule has 0 radical (unpaired) electrons. The summed E-state index contributed by atoms with van der Waals surface area (Å²) in [5, 5.41) is 30.7. The van der Waals surface area contributed by atoms with Crippen LogP contribution in [-0.2, 0) is 7.05 Å². The average molecular weight is 368 g/mol. The first-order valence-corrected chi connectivity index (χ1v) is 7.25. The lowest BCUT2D eigenvalue weighted by molar-refractivity contribution is 0.421. The van der Waals surface area contributed by atoms with Crippen molar-refractivity contribution < 1.29 is 5.11 Å². The maximum absolute atomic E-state index is 12.3. The normalized spacial score (nSPS) is 11.0. The Hall–Kier alpha value is -4.41. The van der Waals surface area contributed by atoms with E-state index in [1.54, 1.807) is 0 Å². The van der Waals surface area contributed by atoms with E-state index in [2.05, 4.69) is 35.3 Å². The van der Waals surface area contributed by atoms with Crippen LogP contribution >= 0.6 is 0 Å². The number of nitrogens with zero attached hydrogens (tertiary/aromatic N) is 10. The maximum atomic E-state index is 12.3. The van der Waals surface area contributed by atoms with Crippen LogP contribution in [0.3, 0.4) is 0 Å². The summed E-state index contributed by atoms with van der Waals surface area (Å²) in [4.78, 5) is 27.6. The summed E-state index contributed by atoms with van der Waals surface area (Å²) < 4.78 is 1.97. The van der Waals surface area contributed by atoms with Crippen LogP contribution in [0.4, 0.5) is 23.5 Å². The van der Waals surface area contributed by atoms with Crippen LogP contribution in [-0.4, -0.2) is 39.4 Å². The molecular weight excluding hydrogens is 356 g/mol. The third-order valence-electron chi connectivity index (χ3n) is 3.51. The molecule has 0 bridgehead atoms. The van der Waals surface area contributed by atoms with Crippen molar-refractivity contribution in [1.82, 2.24) is 34.3 Å². The van der Waals surface area contributed by atoms with Crippen molar-refractivity contribution >= 4 is 23.5 Å². The monoisotopic (exact) mass is 368 g/mol. The fraction of sp³-hybridized carbons (Fsp3) is 0.154. The molecule has 27 heavy (non-hydrogen) atoms. The zero-order chi connectivity index (χ0) is 19.7. The van der Waals surface area contributed by atoms with Gasteiger partial charge in [-0.2, -0.15) is 35.0 Å². The molecule has 3 aromatic heterocycles. The van der Waals surface area contributed by atoms with Gasteiger partial charge in [0.25, 0.3) is 17.5 Å². The number of azo groups is 1. The number of aromatic hydroxyl groups is 1. The van der Waals surface area contributed by atoms with E-state index >= 15 is 0 Å². The first kappa shape index (κ1) is 17.4. The summed E-state index contributed by atoms with van der Waals surface area (Å²) in [7, 11) is 1.30. The van der Waals surface area contributed by atoms with Gasteiger partial charge in [0.15, 0.2) is 5.69 Å². The quantitative estimate of drug-likeness (QED) is 0.509. The van der Waals surface area contributed by atoms with Crippen molar-refractivity contribution in [1.29, 1.82) is 5.26 Å². The first-order chi connectivity index (χ1) is 12.8. The Balaban J connectivity index is 2.10. The molecule has 0 aliphatic heterocycles. The second-order valence-corrected chi connectivity index (χ2v) is 5.17. The number of nitrogens with two attached hydrogens (primary N) is 2. The van der Waals surface area contributed by atoms with Crippen LogP contribution in [0.2, 0.25) is 0 Å². The minimum absolute atomic E-state index is 0.0421. The fourth-order valence-corrected chi connectivity index (χ4v) is 2.15. The van der Waals surface area contributed by atoms with Crippen molar-refractivity contribution in [3.63, 3.8) is 0 Å². The van der Waals surface area contributed by atoms with E-state index in [1.165, 1.54) is 14.0 Å². The SMILES string of the molecule is Cc1c(C#N)c(O)n(C)c(=O)c1N=Nc1ncnn1-c1nc(N)nc(N)n1. The molecule has 0 saturated carbocycles. The fourth-order valence-electron chi connectivity index (χ4n) is 2.15. The Morgan fingerprint density at radius 3 is 2.52 bits per heavy atom. The predicted molar refractivity (Wildman–Crippen MR) is 90.5 cm³/mol. The largest absolute Gasteiger partial charge is 0.493 e. The standard InChI is InChI=1S/C13H12N12O2/c1-5-6(3-14)8(26)24(2)9(27)7(5)22-23-12-17-4-18-25(12)13-20-10(15)19-11(16)21-13/h4,26H,1-2H3,(H4,15,16,19,20,21). The van der Waals surface area contributed by atoms with Gasteiger partial charge in [-0.15, -0.1) is 10.2 Å². The van der Waals surface area contributed by atoms with Gasteiger partial charge in [0.1, 0.15) is 18.0 Å². The number of nitrogen functional groups attached to an aromatic ring is 2. The van der Waals surface area contributed by atoms with Crippen molar-refractivity contribution in [2.45, 2.75) is 6.92 Å². The van der Waals surface area contributed by atoms with Gasteiger partial charge in [-0.25, -0.2) is 0 Å². The van der Waals surface area contributed by atoms with E-state index in [4.69, 9.17) is 16.7 Å². The van der Waals surface area contributed by atoms with E-state index in [1.807, 2.05) is 6.07 Å². The third kappa shape index (κ3) is 3.00. The molecule has 0 aromatic carbocycles. The maximum Gasteiger partial charge on any atom is 0.281 e. The molecule has 5 N–H and O–H groups in total. The highest BCUT2D eigenvalue weighted by molar-refractivity contribution is 5.56. The number of pyridine rings is 1. The molecular formula is C13H12N12O2. The molecule has 0 fully saturated rings. The van der Waals surface area contributed by atoms with Gasteiger partial charge in [-0.3, -0.25) is 9.36 Å². The molecule has 0 atom stereocenters. The summed E-state index contributed by atoms with van der Waals surface area (Å²) in [6, 6.07) is 1.82. The molecule has 136 valence electrons. The summed E-state index contributed by atoms with van der Waals surface area (Å²) in [6.07, 6.45) is 1.16. The molecule has 14 heteroatoms. The van der Waals surface area contributed by atoms with Gasteiger partial charge < -0.3 is 16.6 Å². The van der Waals surface area contributed by atoms with E-state index < -0.39 is 11.4 Å². The van der Waals surface area contributed by atoms with E-state index in [-0.39, 0.29) is 40.6 Å². The molecule has 3 rings (SSSR count). The van der Waals surface area contributed by atoms with Gasteiger partial charge in [0, 0.05) is 12.6 Å². The van der Waals surface area contributed by atoms with Crippen molar-refractivity contribution in [2.24, 2.45) is 17.3 Å². The minimum atomic E-state index is -0.646. The van der Waals surface area contributed by atoms with E-state index in [0.717, 1.165) is 15.6 Å². The molecule has 14 nitrogen and oxygen atoms in total. The zero-order valence-corrected chi connectivity index (χ0v) is 14.1. The molecule has 3 heterocycles. The van der Waals surface area contributed by atoms with Gasteiger partial charge >= 0.3 is 0 Å². The van der Waals surface area contributed by atoms with E-state index in [0.29, 0.717) is 0 Å². The van der Waals surface area contributed by atoms with E-state index in [9.17, 15) is 9.90 Å². The number of rotatable bonds is 3. The highest BCUT2D eigenvalue weighted by Gasteiger charge is 2.18. The lowest BCUT2D eigenvalue weighted by Crippen LogP contribution is -2.18. The highest BCUT2D eigenvalue weighted by atomic mass is 16.3. The molecule has 0 saturated heterocycles. The Morgan fingerprint density at radius 1 is 1.22 bits per heavy atom. The Kier molecular flexibility index (Phi) is 4.18. The zero-order valence-electron chi connectivity index (χ0n) is 14.1. The number of hydrogen-bond acceptors (Lipinski definition) is 12. The minimum Gasteiger partial charge on any atom is -0.493 e. The lowest BCUT2D eigenvalue weighted by atomic mass is 10.1. The summed E-state index contributed by atoms with van der Waals surface area (Å²) >= 11 is 0. The van der Waals surface area contributed by atoms with Gasteiger partial charge in [0.05, 0.1) is 0 Å². The smallest absolute Gasteiger partial charge is 0.281 e. The first-order valence-electron chi connectivity index (χ1n) is 7.25. The third-order valence-corrected chi connectivity index (χ3v) is 3.51. The molecule has 0 spiro atoms.